The largest absolute Gasteiger partial charge is 0.315 e. The van der Waals surface area contributed by atoms with E-state index in [1.165, 1.54) is 11.0 Å². The van der Waals surface area contributed by atoms with E-state index in [0.29, 0.717) is 12.2 Å². The second kappa shape index (κ2) is 4.62. The maximum atomic E-state index is 12.2. The molecule has 0 fully saturated rings. The Morgan fingerprint density at radius 2 is 2.06 bits per heavy atom. The van der Waals surface area contributed by atoms with Crippen LogP contribution in [0.15, 0.2) is 33.6 Å². The number of sulfonamides is 1. The van der Waals surface area contributed by atoms with Crippen molar-refractivity contribution in [3.63, 3.8) is 0 Å². The molecule has 0 radical (unpaired) electrons. The Labute approximate surface area is 104 Å². The number of para-hydroxylation sites is 1. The fourth-order valence-electron chi connectivity index (χ4n) is 1.63. The van der Waals surface area contributed by atoms with Gasteiger partial charge in [0.05, 0.1) is 12.4 Å². The predicted molar refractivity (Wildman–Crippen MR) is 64.9 cm³/mol. The van der Waals surface area contributed by atoms with E-state index in [0.717, 1.165) is 0 Å². The van der Waals surface area contributed by atoms with Gasteiger partial charge in [0.2, 0.25) is 5.29 Å². The zero-order valence-corrected chi connectivity index (χ0v) is 10.4. The van der Waals surface area contributed by atoms with Gasteiger partial charge in [-0.25, -0.2) is 0 Å². The summed E-state index contributed by atoms with van der Waals surface area (Å²) in [5, 5.41) is -0.142. The Morgan fingerprint density at radius 3 is 2.76 bits per heavy atom. The maximum Gasteiger partial charge on any atom is 0.287 e. The molecule has 1 heterocycles. The highest BCUT2D eigenvalue weighted by atomic mass is 35.5. The molecule has 4 nitrogen and oxygen atoms in total. The van der Waals surface area contributed by atoms with Crippen LogP contribution in [-0.2, 0) is 10.0 Å². The molecule has 2 rings (SSSR count). The second-order valence-corrected chi connectivity index (χ2v) is 5.41. The highest BCUT2D eigenvalue weighted by molar-refractivity contribution is 7.90. The first-order valence-corrected chi connectivity index (χ1v) is 6.81. The lowest BCUT2D eigenvalue weighted by molar-refractivity contribution is 0.477. The summed E-state index contributed by atoms with van der Waals surface area (Å²) in [6.07, 6.45) is 0.264. The summed E-state index contributed by atoms with van der Waals surface area (Å²) in [4.78, 5) is 1.60. The maximum absolute atomic E-state index is 12.2. The smallest absolute Gasteiger partial charge is 0.287 e. The van der Waals surface area contributed by atoms with Crippen molar-refractivity contribution in [3.05, 3.63) is 24.3 Å². The second-order valence-electron chi connectivity index (χ2n) is 3.50. The molecule has 1 aromatic rings. The van der Waals surface area contributed by atoms with E-state index in [1.54, 1.807) is 18.2 Å². The van der Waals surface area contributed by atoms with Crippen molar-refractivity contribution >= 4 is 32.6 Å². The lowest BCUT2D eigenvalue weighted by Gasteiger charge is -2.27. The molecule has 7 heteroatoms. The van der Waals surface area contributed by atoms with Crippen LogP contribution in [0, 0.1) is 0 Å². The Bertz CT molecular complexity index is 559. The van der Waals surface area contributed by atoms with Crippen molar-refractivity contribution in [2.75, 3.05) is 18.1 Å². The molecule has 0 spiro atoms. The van der Waals surface area contributed by atoms with Gasteiger partial charge < -0.3 is 4.90 Å². The Morgan fingerprint density at radius 1 is 1.35 bits per heavy atom. The van der Waals surface area contributed by atoms with Crippen LogP contribution in [0.3, 0.4) is 0 Å². The molecule has 0 saturated carbocycles. The topological polar surface area (TPSA) is 49.7 Å². The van der Waals surface area contributed by atoms with Crippen molar-refractivity contribution in [2.24, 2.45) is 4.40 Å². The average Bonchev–Trinajstić information content (AvgIpc) is 2.28. The number of amidine groups is 1. The van der Waals surface area contributed by atoms with E-state index in [4.69, 9.17) is 11.6 Å². The predicted octanol–water partition coefficient (Wildman–Crippen LogP) is 2.15. The average molecular weight is 277 g/mol. The Kier molecular flexibility index (Phi) is 3.35. The quantitative estimate of drug-likeness (QED) is 0.795. The number of alkyl halides is 1. The number of benzene rings is 1. The first-order chi connectivity index (χ1) is 8.06. The molecule has 0 N–H and O–H groups in total. The van der Waals surface area contributed by atoms with Crippen LogP contribution >= 0.6 is 11.6 Å². The molecule has 1 aliphatic heterocycles. The van der Waals surface area contributed by atoms with Crippen molar-refractivity contribution in [1.29, 1.82) is 0 Å². The molecule has 0 amide bonds. The summed E-state index contributed by atoms with van der Waals surface area (Å²) in [6.45, 7) is -0.193. The van der Waals surface area contributed by atoms with Crippen molar-refractivity contribution in [2.45, 2.75) is 11.3 Å². The Balaban J connectivity index is 2.50. The Hall–Kier alpha value is -1.14. The molecular formula is C10H10ClFN2O2S. The molecule has 17 heavy (non-hydrogen) atoms. The molecule has 0 saturated heterocycles. The minimum absolute atomic E-state index is 0.100. The third-order valence-corrected chi connectivity index (χ3v) is 4.07. The molecule has 92 valence electrons. The van der Waals surface area contributed by atoms with Gasteiger partial charge in [-0.3, -0.25) is 4.39 Å². The summed E-state index contributed by atoms with van der Waals surface area (Å²) >= 11 is 5.80. The first-order valence-electron chi connectivity index (χ1n) is 4.99. The number of halogens is 2. The van der Waals surface area contributed by atoms with Gasteiger partial charge in [0, 0.05) is 6.54 Å². The minimum atomic E-state index is -3.73. The summed E-state index contributed by atoms with van der Waals surface area (Å²) in [7, 11) is -3.73. The van der Waals surface area contributed by atoms with E-state index < -0.39 is 16.7 Å². The van der Waals surface area contributed by atoms with E-state index in [-0.39, 0.29) is 16.6 Å². The van der Waals surface area contributed by atoms with E-state index >= 15 is 0 Å². The lowest BCUT2D eigenvalue weighted by Crippen LogP contribution is -2.33. The van der Waals surface area contributed by atoms with Crippen LogP contribution in [0.2, 0.25) is 0 Å². The molecule has 0 atom stereocenters. The molecule has 0 aromatic heterocycles. The first kappa shape index (κ1) is 12.3. The van der Waals surface area contributed by atoms with Crippen LogP contribution < -0.4 is 4.90 Å². The van der Waals surface area contributed by atoms with Crippen LogP contribution in [0.1, 0.15) is 6.42 Å². The van der Waals surface area contributed by atoms with Gasteiger partial charge >= 0.3 is 0 Å². The third kappa shape index (κ3) is 2.28. The van der Waals surface area contributed by atoms with Gasteiger partial charge in [-0.15, -0.1) is 4.40 Å². The van der Waals surface area contributed by atoms with Gasteiger partial charge in [0.1, 0.15) is 4.90 Å². The van der Waals surface area contributed by atoms with Crippen molar-refractivity contribution < 1.29 is 12.8 Å². The van der Waals surface area contributed by atoms with Gasteiger partial charge in [0.25, 0.3) is 10.0 Å². The summed E-state index contributed by atoms with van der Waals surface area (Å²) < 4.78 is 39.1. The molecule has 1 aliphatic rings. The molecule has 0 bridgehead atoms. The summed E-state index contributed by atoms with van der Waals surface area (Å²) in [6, 6.07) is 6.40. The van der Waals surface area contributed by atoms with Crippen LogP contribution in [-0.4, -0.2) is 26.9 Å². The standard InChI is InChI=1S/C10H10ClFN2O2S/c11-10-13-17(15,16)9-5-2-1-4-8(9)14(10)7-3-6-12/h1-2,4-5H,3,6-7H2. The number of nitrogens with zero attached hydrogens (tertiary/aromatic N) is 2. The van der Waals surface area contributed by atoms with Crippen LogP contribution in [0.25, 0.3) is 0 Å². The van der Waals surface area contributed by atoms with Gasteiger partial charge in [-0.1, -0.05) is 12.1 Å². The molecule has 0 unspecified atom stereocenters. The fourth-order valence-corrected chi connectivity index (χ4v) is 3.16. The van der Waals surface area contributed by atoms with Crippen LogP contribution in [0.4, 0.5) is 10.1 Å². The zero-order valence-electron chi connectivity index (χ0n) is 8.81. The van der Waals surface area contributed by atoms with E-state index in [9.17, 15) is 12.8 Å². The number of fused-ring (bicyclic) bond motifs is 1. The van der Waals surface area contributed by atoms with Gasteiger partial charge in [-0.2, -0.15) is 8.42 Å². The number of rotatable bonds is 3. The zero-order chi connectivity index (χ0) is 12.5. The third-order valence-electron chi connectivity index (χ3n) is 2.37. The van der Waals surface area contributed by atoms with Crippen LogP contribution in [0.5, 0.6) is 0 Å². The highest BCUT2D eigenvalue weighted by Crippen LogP contribution is 2.32. The normalized spacial score (nSPS) is 17.5. The molecular weight excluding hydrogens is 267 g/mol. The minimum Gasteiger partial charge on any atom is -0.315 e. The van der Waals surface area contributed by atoms with E-state index in [2.05, 4.69) is 4.40 Å². The fraction of sp³-hybridized carbons (Fsp3) is 0.300. The van der Waals surface area contributed by atoms with E-state index in [1.807, 2.05) is 0 Å². The van der Waals surface area contributed by atoms with Gasteiger partial charge in [0.15, 0.2) is 0 Å². The summed E-state index contributed by atoms with van der Waals surface area (Å²) in [5.74, 6) is 0. The molecule has 0 aliphatic carbocycles. The van der Waals surface area contributed by atoms with Crippen molar-refractivity contribution in [3.8, 4) is 0 Å². The molecule has 1 aromatic carbocycles. The van der Waals surface area contributed by atoms with Gasteiger partial charge in [-0.05, 0) is 30.2 Å². The monoisotopic (exact) mass is 276 g/mol. The lowest BCUT2D eigenvalue weighted by atomic mass is 10.3. The SMILES string of the molecule is O=S1(=O)N=C(Cl)N(CCCF)c2ccccc21. The van der Waals surface area contributed by atoms with Crippen molar-refractivity contribution in [1.82, 2.24) is 0 Å². The number of hydrogen-bond acceptors (Lipinski definition) is 3. The highest BCUT2D eigenvalue weighted by Gasteiger charge is 2.29. The number of hydrogen-bond donors (Lipinski definition) is 0. The number of anilines is 1. The summed E-state index contributed by atoms with van der Waals surface area (Å²) in [5.41, 5.74) is 0.445.